The van der Waals surface area contributed by atoms with E-state index in [0.29, 0.717) is 75.1 Å². The fourth-order valence-electron chi connectivity index (χ4n) is 4.36. The molecule has 0 amide bonds. The maximum atomic E-state index is 11.7. The maximum absolute atomic E-state index is 11.7. The van der Waals surface area contributed by atoms with Gasteiger partial charge in [-0.05, 0) is 12.1 Å². The number of ether oxygens (including phenoxy) is 2. The predicted molar refractivity (Wildman–Crippen MR) is 146 cm³/mol. The lowest BCUT2D eigenvalue weighted by molar-refractivity contribution is -0.384. The molecule has 40 heavy (non-hydrogen) atoms. The molecular weight excluding hydrogens is 524 g/mol. The third kappa shape index (κ3) is 6.19. The van der Waals surface area contributed by atoms with Gasteiger partial charge in [0, 0.05) is 49.4 Å². The molecule has 0 aliphatic carbocycles. The molecule has 0 saturated carbocycles. The summed E-state index contributed by atoms with van der Waals surface area (Å²) in [5, 5.41) is 39.5. The van der Waals surface area contributed by atoms with Crippen LogP contribution in [0.2, 0.25) is 0 Å². The van der Waals surface area contributed by atoms with Crippen LogP contribution in [0.25, 0.3) is 0 Å². The number of hydrogen-bond donors (Lipinski definition) is 1. The Morgan fingerprint density at radius 2 is 1.35 bits per heavy atom. The molecule has 2 aromatic carbocycles. The van der Waals surface area contributed by atoms with Gasteiger partial charge in [0.2, 0.25) is 0 Å². The van der Waals surface area contributed by atoms with Crippen LogP contribution in [0.4, 0.5) is 28.7 Å². The van der Waals surface area contributed by atoms with E-state index in [2.05, 4.69) is 25.8 Å². The molecule has 3 aromatic rings. The predicted octanol–water partition coefficient (Wildman–Crippen LogP) is 2.10. The smallest absolute Gasteiger partial charge is 0.293 e. The first-order valence-corrected chi connectivity index (χ1v) is 12.5. The molecule has 1 aromatic heterocycles. The standard InChI is InChI=1S/C24H26N10O6/c35-33(36)22-13-18(1-3-20(22)30-5-9-39-10-6-30)15-25-28-24-29-26-17-32(24)27-16-19-2-4-21(23(14-19)34(37)38)31-7-11-40-12-8-31/h1-4,13-17H,5-12H2,(H,28,29)/b25-15+,27-16-. The molecule has 0 unspecified atom stereocenters. The molecule has 0 radical (unpaired) electrons. The Balaban J connectivity index is 1.27. The lowest BCUT2D eigenvalue weighted by atomic mass is 10.1. The molecule has 0 atom stereocenters. The number of nitrogens with zero attached hydrogens (tertiary/aromatic N) is 9. The number of nitro benzene ring substituents is 2. The molecule has 16 nitrogen and oxygen atoms in total. The Morgan fingerprint density at radius 3 is 1.88 bits per heavy atom. The zero-order valence-electron chi connectivity index (χ0n) is 21.3. The highest BCUT2D eigenvalue weighted by molar-refractivity contribution is 5.84. The molecule has 1 N–H and O–H groups in total. The zero-order chi connectivity index (χ0) is 27.9. The Hall–Kier alpha value is -4.96. The second-order valence-electron chi connectivity index (χ2n) is 8.82. The van der Waals surface area contributed by atoms with Crippen LogP contribution in [-0.2, 0) is 9.47 Å². The van der Waals surface area contributed by atoms with Crippen LogP contribution in [0.3, 0.4) is 0 Å². The summed E-state index contributed by atoms with van der Waals surface area (Å²) in [4.78, 5) is 26.4. The monoisotopic (exact) mass is 550 g/mol. The average Bonchev–Trinajstić information content (AvgIpc) is 3.44. The van der Waals surface area contributed by atoms with E-state index in [4.69, 9.17) is 9.47 Å². The van der Waals surface area contributed by atoms with Crippen molar-refractivity contribution in [2.45, 2.75) is 0 Å². The summed E-state index contributed by atoms with van der Waals surface area (Å²) in [5.41, 5.74) is 4.76. The molecule has 2 aliphatic heterocycles. The van der Waals surface area contributed by atoms with Gasteiger partial charge in [0.05, 0.1) is 48.7 Å². The Labute approximate surface area is 227 Å². The van der Waals surface area contributed by atoms with E-state index in [9.17, 15) is 20.2 Å². The van der Waals surface area contributed by atoms with E-state index in [1.807, 2.05) is 9.80 Å². The van der Waals surface area contributed by atoms with Crippen LogP contribution in [0, 0.1) is 20.2 Å². The van der Waals surface area contributed by atoms with E-state index in [0.717, 1.165) is 0 Å². The lowest BCUT2D eigenvalue weighted by Gasteiger charge is -2.28. The molecule has 0 bridgehead atoms. The number of anilines is 3. The van der Waals surface area contributed by atoms with Gasteiger partial charge in [0.1, 0.15) is 17.7 Å². The highest BCUT2D eigenvalue weighted by Crippen LogP contribution is 2.30. The number of hydrazone groups is 1. The van der Waals surface area contributed by atoms with Crippen molar-refractivity contribution in [2.75, 3.05) is 67.8 Å². The lowest BCUT2D eigenvalue weighted by Crippen LogP contribution is -2.36. The number of aromatic nitrogens is 3. The first kappa shape index (κ1) is 26.6. The van der Waals surface area contributed by atoms with E-state index < -0.39 is 9.85 Å². The van der Waals surface area contributed by atoms with Gasteiger partial charge in [-0.1, -0.05) is 12.1 Å². The molecule has 2 fully saturated rings. The quantitative estimate of drug-likeness (QED) is 0.234. The Bertz CT molecular complexity index is 1430. The summed E-state index contributed by atoms with van der Waals surface area (Å²) in [6.07, 6.45) is 4.21. The summed E-state index contributed by atoms with van der Waals surface area (Å²) in [5.74, 6) is 0.173. The fourth-order valence-corrected chi connectivity index (χ4v) is 4.36. The van der Waals surface area contributed by atoms with Crippen LogP contribution in [-0.4, -0.2) is 89.8 Å². The van der Waals surface area contributed by atoms with E-state index in [1.165, 1.54) is 35.6 Å². The van der Waals surface area contributed by atoms with Crippen molar-refractivity contribution < 1.29 is 19.3 Å². The SMILES string of the molecule is O=[N+]([O-])c1cc(/C=N\n2cnnc2N/N=C/c2ccc(N3CCOCC3)c([N+](=O)[O-])c2)ccc1N1CCOCC1. The van der Waals surface area contributed by atoms with Gasteiger partial charge in [0.25, 0.3) is 17.3 Å². The molecule has 0 spiro atoms. The number of morpholine rings is 2. The number of rotatable bonds is 9. The molecule has 208 valence electrons. The number of nitro groups is 2. The van der Waals surface area contributed by atoms with Gasteiger partial charge in [-0.3, -0.25) is 20.2 Å². The van der Waals surface area contributed by atoms with Crippen LogP contribution in [0.5, 0.6) is 0 Å². The van der Waals surface area contributed by atoms with Gasteiger partial charge < -0.3 is 19.3 Å². The van der Waals surface area contributed by atoms with Gasteiger partial charge in [-0.15, -0.1) is 10.2 Å². The largest absolute Gasteiger partial charge is 0.378 e. The minimum absolute atomic E-state index is 0.0210. The summed E-state index contributed by atoms with van der Waals surface area (Å²) in [6, 6.07) is 9.78. The third-order valence-electron chi connectivity index (χ3n) is 6.34. The average molecular weight is 551 g/mol. The minimum Gasteiger partial charge on any atom is -0.378 e. The second kappa shape index (κ2) is 12.3. The minimum atomic E-state index is -0.418. The molecule has 16 heteroatoms. The van der Waals surface area contributed by atoms with Crippen molar-refractivity contribution in [3.63, 3.8) is 0 Å². The first-order chi connectivity index (χ1) is 19.5. The third-order valence-corrected chi connectivity index (χ3v) is 6.34. The van der Waals surface area contributed by atoms with Crippen LogP contribution < -0.4 is 15.2 Å². The van der Waals surface area contributed by atoms with E-state index >= 15 is 0 Å². The fraction of sp³-hybridized carbons (Fsp3) is 0.333. The molecule has 2 aliphatic rings. The van der Waals surface area contributed by atoms with Crippen molar-refractivity contribution in [1.82, 2.24) is 14.9 Å². The number of benzene rings is 2. The number of hydrogen-bond acceptors (Lipinski definition) is 13. The van der Waals surface area contributed by atoms with E-state index in [-0.39, 0.29) is 17.3 Å². The second-order valence-corrected chi connectivity index (χ2v) is 8.82. The van der Waals surface area contributed by atoms with Crippen LogP contribution >= 0.6 is 0 Å². The summed E-state index contributed by atoms with van der Waals surface area (Å²) in [6.45, 7) is 4.39. The van der Waals surface area contributed by atoms with Crippen LogP contribution in [0.1, 0.15) is 11.1 Å². The van der Waals surface area contributed by atoms with Gasteiger partial charge in [-0.2, -0.15) is 14.9 Å². The van der Waals surface area contributed by atoms with Gasteiger partial charge in [-0.25, -0.2) is 5.43 Å². The topological polar surface area (TPSA) is 179 Å². The normalized spacial score (nSPS) is 16.1. The summed E-state index contributed by atoms with van der Waals surface area (Å²) in [7, 11) is 0. The van der Waals surface area contributed by atoms with Crippen molar-refractivity contribution in [2.24, 2.45) is 10.2 Å². The summed E-state index contributed by atoms with van der Waals surface area (Å²) >= 11 is 0. The van der Waals surface area contributed by atoms with Crippen molar-refractivity contribution in [3.8, 4) is 0 Å². The Kier molecular flexibility index (Phi) is 8.17. The highest BCUT2D eigenvalue weighted by Gasteiger charge is 2.23. The molecule has 2 saturated heterocycles. The van der Waals surface area contributed by atoms with Crippen molar-refractivity contribution in [1.29, 1.82) is 0 Å². The molecular formula is C24H26N10O6. The number of nitrogens with one attached hydrogen (secondary N) is 1. The molecule has 3 heterocycles. The maximum Gasteiger partial charge on any atom is 0.293 e. The summed E-state index contributed by atoms with van der Waals surface area (Å²) < 4.78 is 12.0. The Morgan fingerprint density at radius 1 is 0.825 bits per heavy atom. The first-order valence-electron chi connectivity index (χ1n) is 12.5. The van der Waals surface area contributed by atoms with Crippen molar-refractivity contribution in [3.05, 3.63) is 74.1 Å². The van der Waals surface area contributed by atoms with Crippen molar-refractivity contribution >= 4 is 41.1 Å². The van der Waals surface area contributed by atoms with Gasteiger partial charge >= 0.3 is 0 Å². The van der Waals surface area contributed by atoms with Crippen LogP contribution in [0.15, 0.2) is 52.9 Å². The highest BCUT2D eigenvalue weighted by atomic mass is 16.6. The van der Waals surface area contributed by atoms with E-state index in [1.54, 1.807) is 24.3 Å². The van der Waals surface area contributed by atoms with Gasteiger partial charge in [0.15, 0.2) is 0 Å². The zero-order valence-corrected chi connectivity index (χ0v) is 21.3. The molecule has 5 rings (SSSR count).